The fraction of sp³-hybridized carbons (Fsp3) is 0.474. The van der Waals surface area contributed by atoms with Gasteiger partial charge in [-0.25, -0.2) is 14.0 Å². The fourth-order valence-corrected chi connectivity index (χ4v) is 3.54. The van der Waals surface area contributed by atoms with Gasteiger partial charge in [0.2, 0.25) is 0 Å². The molecule has 0 saturated carbocycles. The van der Waals surface area contributed by atoms with Crippen LogP contribution in [0.4, 0.5) is 0 Å². The third kappa shape index (κ3) is 3.70. The van der Waals surface area contributed by atoms with Crippen molar-refractivity contribution in [2.24, 2.45) is 0 Å². The Kier molecular flexibility index (Phi) is 4.99. The van der Waals surface area contributed by atoms with Crippen LogP contribution in [0, 0.1) is 0 Å². The Morgan fingerprint density at radius 3 is 3.00 bits per heavy atom. The molecule has 1 unspecified atom stereocenters. The summed E-state index contributed by atoms with van der Waals surface area (Å²) < 4.78 is 5.03. The molecule has 0 radical (unpaired) electrons. The van der Waals surface area contributed by atoms with E-state index in [1.54, 1.807) is 32.2 Å². The van der Waals surface area contributed by atoms with Crippen LogP contribution >= 0.6 is 0 Å². The minimum atomic E-state index is -0.100. The number of nitrogens with one attached hydrogen (secondary N) is 1. The number of rotatable bonds is 5. The van der Waals surface area contributed by atoms with Gasteiger partial charge in [-0.15, -0.1) is 0 Å². The number of aryl methyl sites for hydroxylation is 1. The molecular weight excluding hydrogens is 358 g/mol. The van der Waals surface area contributed by atoms with Crippen molar-refractivity contribution in [3.63, 3.8) is 0 Å². The van der Waals surface area contributed by atoms with E-state index >= 15 is 0 Å². The van der Waals surface area contributed by atoms with Gasteiger partial charge in [0.15, 0.2) is 0 Å². The molecule has 1 aliphatic heterocycles. The van der Waals surface area contributed by atoms with Gasteiger partial charge >= 0.3 is 5.69 Å². The van der Waals surface area contributed by atoms with Crippen molar-refractivity contribution in [3.8, 4) is 0 Å². The second-order valence-corrected chi connectivity index (χ2v) is 7.49. The van der Waals surface area contributed by atoms with Crippen molar-refractivity contribution in [2.75, 3.05) is 20.6 Å². The maximum Gasteiger partial charge on any atom is 0.345 e. The van der Waals surface area contributed by atoms with Gasteiger partial charge in [-0.05, 0) is 45.1 Å². The average Bonchev–Trinajstić information content (AvgIpc) is 3.20. The highest BCUT2D eigenvalue weighted by atomic mass is 16.2. The molecule has 9 heteroatoms. The Balaban J connectivity index is 1.41. The standard InChI is InChI=1S/C19H25N7O2/c1-23(2)11-12-26-19(28)24-9-7-15(3-4-17(24)22-26)21-18(27)14-6-10-25-16(13-14)5-8-20-25/h5-6,8,10,13,15H,3-4,7,9,11-12H2,1-2H3,(H,21,27). The number of fused-ring (bicyclic) bond motifs is 2. The summed E-state index contributed by atoms with van der Waals surface area (Å²) in [4.78, 5) is 27.2. The van der Waals surface area contributed by atoms with Gasteiger partial charge in [0.25, 0.3) is 5.91 Å². The van der Waals surface area contributed by atoms with Crippen molar-refractivity contribution < 1.29 is 4.79 Å². The van der Waals surface area contributed by atoms with Crippen molar-refractivity contribution in [1.29, 1.82) is 0 Å². The lowest BCUT2D eigenvalue weighted by Gasteiger charge is -2.16. The van der Waals surface area contributed by atoms with E-state index < -0.39 is 0 Å². The van der Waals surface area contributed by atoms with Gasteiger partial charge in [-0.2, -0.15) is 10.2 Å². The molecule has 1 aliphatic rings. The number of hydrogen-bond acceptors (Lipinski definition) is 5. The number of pyridine rings is 1. The molecule has 4 rings (SSSR count). The van der Waals surface area contributed by atoms with Crippen molar-refractivity contribution in [1.82, 2.24) is 34.2 Å². The molecule has 1 amide bonds. The highest BCUT2D eigenvalue weighted by molar-refractivity contribution is 5.95. The Morgan fingerprint density at radius 1 is 1.32 bits per heavy atom. The molecule has 0 aromatic carbocycles. The van der Waals surface area contributed by atoms with Crippen LogP contribution in [0.1, 0.15) is 29.0 Å². The average molecular weight is 383 g/mol. The molecule has 148 valence electrons. The fourth-order valence-electron chi connectivity index (χ4n) is 3.54. The molecule has 1 N–H and O–H groups in total. The first-order valence-electron chi connectivity index (χ1n) is 9.57. The number of aromatic nitrogens is 5. The van der Waals surface area contributed by atoms with E-state index in [4.69, 9.17) is 0 Å². The number of amides is 1. The van der Waals surface area contributed by atoms with Crippen molar-refractivity contribution in [3.05, 3.63) is 52.5 Å². The summed E-state index contributed by atoms with van der Waals surface area (Å²) in [6.45, 7) is 1.93. The second kappa shape index (κ2) is 7.59. The maximum absolute atomic E-state index is 12.6. The molecule has 9 nitrogen and oxygen atoms in total. The monoisotopic (exact) mass is 383 g/mol. The lowest BCUT2D eigenvalue weighted by molar-refractivity contribution is 0.0933. The number of hydrogen-bond donors (Lipinski definition) is 1. The highest BCUT2D eigenvalue weighted by Gasteiger charge is 2.22. The van der Waals surface area contributed by atoms with Crippen molar-refractivity contribution in [2.45, 2.75) is 38.4 Å². The first kappa shape index (κ1) is 18.4. The smallest absolute Gasteiger partial charge is 0.345 e. The first-order chi connectivity index (χ1) is 13.5. The van der Waals surface area contributed by atoms with Crippen LogP contribution in [0.2, 0.25) is 0 Å². The maximum atomic E-state index is 12.6. The summed E-state index contributed by atoms with van der Waals surface area (Å²) in [6, 6.07) is 5.47. The molecular formula is C19H25N7O2. The zero-order valence-corrected chi connectivity index (χ0v) is 16.2. The van der Waals surface area contributed by atoms with Gasteiger partial charge in [-0.3, -0.25) is 9.36 Å². The summed E-state index contributed by atoms with van der Waals surface area (Å²) in [5.41, 5.74) is 1.43. The molecule has 0 bridgehead atoms. The number of likely N-dealkylation sites (N-methyl/N-ethyl adjacent to an activating group) is 1. The number of carbonyl (C=O) groups is 1. The SMILES string of the molecule is CN(C)CCn1nc2n(c1=O)CCC(NC(=O)c1ccn3nccc3c1)CC2. The molecule has 3 aromatic heterocycles. The van der Waals surface area contributed by atoms with Crippen LogP contribution in [-0.2, 0) is 19.5 Å². The van der Waals surface area contributed by atoms with Crippen LogP contribution in [0.3, 0.4) is 0 Å². The number of nitrogens with zero attached hydrogens (tertiary/aromatic N) is 6. The topological polar surface area (TPSA) is 89.5 Å². The highest BCUT2D eigenvalue weighted by Crippen LogP contribution is 2.13. The summed E-state index contributed by atoms with van der Waals surface area (Å²) in [6.07, 6.45) is 5.65. The Hall–Kier alpha value is -2.94. The van der Waals surface area contributed by atoms with Gasteiger partial charge in [0, 0.05) is 43.5 Å². The van der Waals surface area contributed by atoms with E-state index in [9.17, 15) is 9.59 Å². The third-order valence-electron chi connectivity index (χ3n) is 5.17. The zero-order chi connectivity index (χ0) is 19.7. The Morgan fingerprint density at radius 2 is 2.18 bits per heavy atom. The largest absolute Gasteiger partial charge is 0.349 e. The second-order valence-electron chi connectivity index (χ2n) is 7.49. The van der Waals surface area contributed by atoms with Crippen LogP contribution in [0.15, 0.2) is 35.4 Å². The normalized spacial score (nSPS) is 16.9. The van der Waals surface area contributed by atoms with E-state index in [-0.39, 0.29) is 17.6 Å². The summed E-state index contributed by atoms with van der Waals surface area (Å²) in [5, 5.41) is 11.7. The summed E-state index contributed by atoms with van der Waals surface area (Å²) in [5.74, 6) is 0.706. The van der Waals surface area contributed by atoms with E-state index in [1.807, 2.05) is 31.1 Å². The number of carbonyl (C=O) groups excluding carboxylic acids is 1. The molecule has 0 saturated heterocycles. The van der Waals surface area contributed by atoms with Crippen molar-refractivity contribution >= 4 is 11.4 Å². The van der Waals surface area contributed by atoms with E-state index in [0.29, 0.717) is 31.5 Å². The van der Waals surface area contributed by atoms with Crippen LogP contribution in [0.25, 0.3) is 5.52 Å². The Bertz CT molecular complexity index is 1050. The molecule has 0 fully saturated rings. The van der Waals surface area contributed by atoms with Crippen LogP contribution < -0.4 is 11.0 Å². The molecule has 0 aliphatic carbocycles. The zero-order valence-electron chi connectivity index (χ0n) is 16.2. The molecule has 3 aromatic rings. The Labute approximate surface area is 162 Å². The minimum Gasteiger partial charge on any atom is -0.349 e. The van der Waals surface area contributed by atoms with Crippen LogP contribution in [-0.4, -0.2) is 61.5 Å². The van der Waals surface area contributed by atoms with Gasteiger partial charge < -0.3 is 10.2 Å². The van der Waals surface area contributed by atoms with Crippen LogP contribution in [0.5, 0.6) is 0 Å². The molecule has 28 heavy (non-hydrogen) atoms. The quantitative estimate of drug-likeness (QED) is 0.688. The predicted octanol–water partition coefficient (Wildman–Crippen LogP) is 0.389. The molecule has 1 atom stereocenters. The predicted molar refractivity (Wildman–Crippen MR) is 104 cm³/mol. The minimum absolute atomic E-state index is 0.0185. The lowest BCUT2D eigenvalue weighted by Crippen LogP contribution is -2.36. The van der Waals surface area contributed by atoms with Gasteiger partial charge in [0.1, 0.15) is 5.82 Å². The van der Waals surface area contributed by atoms with Gasteiger partial charge in [-0.1, -0.05) is 0 Å². The molecule has 0 spiro atoms. The first-order valence-corrected chi connectivity index (χ1v) is 9.57. The van der Waals surface area contributed by atoms with E-state index in [0.717, 1.165) is 24.3 Å². The summed E-state index contributed by atoms with van der Waals surface area (Å²) >= 11 is 0. The van der Waals surface area contributed by atoms with E-state index in [1.165, 1.54) is 0 Å². The third-order valence-corrected chi connectivity index (χ3v) is 5.17. The molecule has 4 heterocycles. The van der Waals surface area contributed by atoms with E-state index in [2.05, 4.69) is 15.5 Å². The lowest BCUT2D eigenvalue weighted by atomic mass is 10.1. The van der Waals surface area contributed by atoms with Gasteiger partial charge in [0.05, 0.1) is 12.1 Å². The summed E-state index contributed by atoms with van der Waals surface area (Å²) in [7, 11) is 3.95.